The van der Waals surface area contributed by atoms with E-state index in [4.69, 9.17) is 9.72 Å². The van der Waals surface area contributed by atoms with Crippen molar-refractivity contribution in [2.24, 2.45) is 0 Å². The first-order chi connectivity index (χ1) is 20.8. The van der Waals surface area contributed by atoms with Crippen LogP contribution in [-0.4, -0.2) is 67.9 Å². The summed E-state index contributed by atoms with van der Waals surface area (Å²) in [5.41, 5.74) is 3.93. The summed E-state index contributed by atoms with van der Waals surface area (Å²) < 4.78 is 32.0. The van der Waals surface area contributed by atoms with E-state index in [0.717, 1.165) is 41.3 Å². The summed E-state index contributed by atoms with van der Waals surface area (Å²) in [5, 5.41) is 7.14. The Morgan fingerprint density at radius 1 is 0.907 bits per heavy atom. The number of nitrogens with one attached hydrogen (secondary N) is 3. The SMILES string of the molecule is COc1cc(N2CCC(N3CCCCC3)CC2)ccc1Nc1cc(Nc2ccccc2S(=O)(=O)C(C)C)c2cc[nH]c2n1. The average molecular weight is 603 g/mol. The number of piperidine rings is 2. The van der Waals surface area contributed by atoms with E-state index in [2.05, 4.69) is 37.6 Å². The van der Waals surface area contributed by atoms with E-state index in [1.807, 2.05) is 30.5 Å². The van der Waals surface area contributed by atoms with E-state index in [1.165, 1.54) is 45.2 Å². The second-order valence-electron chi connectivity index (χ2n) is 11.8. The van der Waals surface area contributed by atoms with Gasteiger partial charge in [0.2, 0.25) is 0 Å². The zero-order valence-corrected chi connectivity index (χ0v) is 26.1. The molecule has 2 aromatic carbocycles. The Bertz CT molecular complexity index is 1670. The number of rotatable bonds is 9. The summed E-state index contributed by atoms with van der Waals surface area (Å²) in [6, 6.07) is 17.8. The first-order valence-corrected chi connectivity index (χ1v) is 16.9. The number of pyridine rings is 1. The number of hydrogen-bond acceptors (Lipinski definition) is 8. The maximum absolute atomic E-state index is 13.1. The molecule has 3 N–H and O–H groups in total. The molecule has 0 radical (unpaired) electrons. The highest BCUT2D eigenvalue weighted by molar-refractivity contribution is 7.92. The predicted octanol–water partition coefficient (Wildman–Crippen LogP) is 6.70. The van der Waals surface area contributed by atoms with Crippen molar-refractivity contribution in [3.05, 3.63) is 60.8 Å². The molecule has 4 aromatic rings. The van der Waals surface area contributed by atoms with Crippen LogP contribution in [0.1, 0.15) is 46.0 Å². The van der Waals surface area contributed by atoms with Crippen molar-refractivity contribution in [2.45, 2.75) is 62.1 Å². The maximum atomic E-state index is 13.1. The Morgan fingerprint density at radius 3 is 2.42 bits per heavy atom. The Labute approximate surface area is 254 Å². The number of hydrogen-bond donors (Lipinski definition) is 3. The summed E-state index contributed by atoms with van der Waals surface area (Å²) >= 11 is 0. The third kappa shape index (κ3) is 6.17. The minimum atomic E-state index is -3.48. The number of para-hydroxylation sites is 1. The highest BCUT2D eigenvalue weighted by Gasteiger charge is 2.26. The zero-order valence-electron chi connectivity index (χ0n) is 25.3. The Balaban J connectivity index is 1.22. The predicted molar refractivity (Wildman–Crippen MR) is 175 cm³/mol. The van der Waals surface area contributed by atoms with Crippen LogP contribution in [0.15, 0.2) is 65.7 Å². The molecule has 9 nitrogen and oxygen atoms in total. The van der Waals surface area contributed by atoms with Crippen molar-refractivity contribution >= 4 is 49.4 Å². The van der Waals surface area contributed by atoms with Gasteiger partial charge in [-0.2, -0.15) is 0 Å². The first-order valence-electron chi connectivity index (χ1n) is 15.4. The lowest BCUT2D eigenvalue weighted by atomic mass is 9.99. The van der Waals surface area contributed by atoms with Gasteiger partial charge in [0.15, 0.2) is 9.84 Å². The normalized spacial score (nSPS) is 17.0. The van der Waals surface area contributed by atoms with E-state index in [-0.39, 0.29) is 4.90 Å². The van der Waals surface area contributed by atoms with Crippen molar-refractivity contribution in [2.75, 3.05) is 48.8 Å². The van der Waals surface area contributed by atoms with Crippen molar-refractivity contribution < 1.29 is 13.2 Å². The standard InChI is InChI=1S/C33H42N6O3S/c1-23(2)43(40,41)31-10-6-5-9-28(31)35-29-22-32(37-33-26(29)13-16-34-33)36-27-12-11-25(21-30(27)42-3)39-19-14-24(15-20-39)38-17-7-4-8-18-38/h5-6,9-13,16,21-24H,4,7-8,14-15,17-20H2,1-3H3,(H3,34,35,36,37). The van der Waals surface area contributed by atoms with Gasteiger partial charge in [-0.25, -0.2) is 13.4 Å². The molecular weight excluding hydrogens is 560 g/mol. The lowest BCUT2D eigenvalue weighted by Crippen LogP contribution is -2.46. The molecule has 6 rings (SSSR count). The molecule has 2 aliphatic rings. The van der Waals surface area contributed by atoms with Gasteiger partial charge in [-0.3, -0.25) is 0 Å². The molecular formula is C33H42N6O3S. The molecule has 2 aromatic heterocycles. The molecule has 2 aliphatic heterocycles. The van der Waals surface area contributed by atoms with E-state index >= 15 is 0 Å². The fourth-order valence-corrected chi connectivity index (χ4v) is 7.51. The molecule has 43 heavy (non-hydrogen) atoms. The minimum absolute atomic E-state index is 0.275. The van der Waals surface area contributed by atoms with Crippen LogP contribution in [0.5, 0.6) is 5.75 Å². The van der Waals surface area contributed by atoms with Crippen LogP contribution in [0, 0.1) is 0 Å². The molecule has 0 spiro atoms. The second kappa shape index (κ2) is 12.5. The van der Waals surface area contributed by atoms with E-state index in [1.54, 1.807) is 39.2 Å². The number of aromatic nitrogens is 2. The van der Waals surface area contributed by atoms with Crippen LogP contribution in [-0.2, 0) is 9.84 Å². The van der Waals surface area contributed by atoms with Gasteiger partial charge in [-0.15, -0.1) is 0 Å². The summed E-state index contributed by atoms with van der Waals surface area (Å²) in [5.74, 6) is 1.35. The lowest BCUT2D eigenvalue weighted by Gasteiger charge is -2.41. The molecule has 2 fully saturated rings. The Kier molecular flexibility index (Phi) is 8.50. The molecule has 0 amide bonds. The first kappa shape index (κ1) is 29.3. The van der Waals surface area contributed by atoms with E-state index in [0.29, 0.717) is 23.2 Å². The Morgan fingerprint density at radius 2 is 1.67 bits per heavy atom. The van der Waals surface area contributed by atoms with Crippen LogP contribution in [0.25, 0.3) is 11.0 Å². The lowest BCUT2D eigenvalue weighted by molar-refractivity contribution is 0.141. The average Bonchev–Trinajstić information content (AvgIpc) is 3.51. The minimum Gasteiger partial charge on any atom is -0.494 e. The number of H-pyrrole nitrogens is 1. The number of benzene rings is 2. The van der Waals surface area contributed by atoms with E-state index < -0.39 is 15.1 Å². The van der Waals surface area contributed by atoms with Crippen LogP contribution in [0.4, 0.5) is 28.6 Å². The topological polar surface area (TPSA) is 103 Å². The van der Waals surface area contributed by atoms with Gasteiger partial charge in [-0.05, 0) is 83.0 Å². The van der Waals surface area contributed by atoms with Gasteiger partial charge in [0, 0.05) is 48.5 Å². The number of aromatic amines is 1. The molecule has 228 valence electrons. The molecule has 10 heteroatoms. The monoisotopic (exact) mass is 602 g/mol. The number of methoxy groups -OCH3 is 1. The molecule has 0 atom stereocenters. The molecule has 0 aliphatic carbocycles. The van der Waals surface area contributed by atoms with Crippen LogP contribution in [0.2, 0.25) is 0 Å². The van der Waals surface area contributed by atoms with Gasteiger partial charge >= 0.3 is 0 Å². The highest BCUT2D eigenvalue weighted by atomic mass is 32.2. The third-order valence-corrected chi connectivity index (χ3v) is 11.0. The largest absolute Gasteiger partial charge is 0.494 e. The van der Waals surface area contributed by atoms with Crippen LogP contribution < -0.4 is 20.3 Å². The summed E-state index contributed by atoms with van der Waals surface area (Å²) in [4.78, 5) is 13.4. The van der Waals surface area contributed by atoms with Gasteiger partial charge in [0.25, 0.3) is 0 Å². The molecule has 0 saturated carbocycles. The maximum Gasteiger partial charge on any atom is 0.182 e. The quantitative estimate of drug-likeness (QED) is 0.195. The highest BCUT2D eigenvalue weighted by Crippen LogP contribution is 2.36. The van der Waals surface area contributed by atoms with Gasteiger partial charge < -0.3 is 30.2 Å². The van der Waals surface area contributed by atoms with Gasteiger partial charge in [-0.1, -0.05) is 18.6 Å². The zero-order chi connectivity index (χ0) is 30.0. The van der Waals surface area contributed by atoms with Crippen molar-refractivity contribution in [1.82, 2.24) is 14.9 Å². The second-order valence-corrected chi connectivity index (χ2v) is 14.3. The van der Waals surface area contributed by atoms with Gasteiger partial charge in [0.1, 0.15) is 17.2 Å². The number of ether oxygens (including phenoxy) is 1. The van der Waals surface area contributed by atoms with Gasteiger partial charge in [0.05, 0.1) is 34.3 Å². The molecule has 0 bridgehead atoms. The third-order valence-electron chi connectivity index (χ3n) is 8.80. The molecule has 0 unspecified atom stereocenters. The number of fused-ring (bicyclic) bond motifs is 1. The summed E-state index contributed by atoms with van der Waals surface area (Å²) in [7, 11) is -1.79. The fraction of sp³-hybridized carbons (Fsp3) is 0.424. The fourth-order valence-electron chi connectivity index (χ4n) is 6.31. The Hall–Kier alpha value is -3.76. The summed E-state index contributed by atoms with van der Waals surface area (Å²) in [6.07, 6.45) is 8.26. The van der Waals surface area contributed by atoms with Crippen molar-refractivity contribution in [3.8, 4) is 5.75 Å². The van der Waals surface area contributed by atoms with E-state index in [9.17, 15) is 8.42 Å². The number of sulfone groups is 1. The van der Waals surface area contributed by atoms with Crippen molar-refractivity contribution in [1.29, 1.82) is 0 Å². The molecule has 2 saturated heterocycles. The summed E-state index contributed by atoms with van der Waals surface area (Å²) in [6.45, 7) is 7.99. The van der Waals surface area contributed by atoms with Crippen LogP contribution in [0.3, 0.4) is 0 Å². The number of nitrogens with zero attached hydrogens (tertiary/aromatic N) is 3. The molecule has 4 heterocycles. The smallest absolute Gasteiger partial charge is 0.182 e. The van der Waals surface area contributed by atoms with Crippen molar-refractivity contribution in [3.63, 3.8) is 0 Å². The van der Waals surface area contributed by atoms with Crippen LogP contribution >= 0.6 is 0 Å². The number of likely N-dealkylation sites (tertiary alicyclic amines) is 1. The number of anilines is 5.